The van der Waals surface area contributed by atoms with E-state index in [-0.39, 0.29) is 12.4 Å². The summed E-state index contributed by atoms with van der Waals surface area (Å²) in [7, 11) is 0. The lowest BCUT2D eigenvalue weighted by Crippen LogP contribution is -2.05. The number of fused-ring (bicyclic) bond motifs is 1. The molecule has 1 heterocycles. The zero-order chi connectivity index (χ0) is 14.9. The number of benzene rings is 2. The van der Waals surface area contributed by atoms with Gasteiger partial charge >= 0.3 is 6.18 Å². The Labute approximate surface area is 120 Å². The van der Waals surface area contributed by atoms with Gasteiger partial charge < -0.3 is 10.1 Å². The third kappa shape index (κ3) is 3.19. The molecule has 1 N–H and O–H groups in total. The lowest BCUT2D eigenvalue weighted by Gasteiger charge is -2.11. The lowest BCUT2D eigenvalue weighted by molar-refractivity contribution is -0.137. The standard InChI is InChI=1S/C16H14F3NO/c17-16(18,19)14-2-1-3-15(7-14)21-10-11-4-5-12-8-20-9-13(12)6-11/h1-7,20H,8-10H2. The molecular formula is C16H14F3NO. The van der Waals surface area contributed by atoms with Crippen molar-refractivity contribution in [1.82, 2.24) is 5.32 Å². The molecular weight excluding hydrogens is 279 g/mol. The van der Waals surface area contributed by atoms with Crippen LogP contribution in [-0.2, 0) is 25.9 Å². The molecule has 2 aromatic rings. The van der Waals surface area contributed by atoms with Crippen LogP contribution in [0.1, 0.15) is 22.3 Å². The molecule has 2 nitrogen and oxygen atoms in total. The fourth-order valence-corrected chi connectivity index (χ4v) is 2.37. The van der Waals surface area contributed by atoms with Gasteiger partial charge in [-0.1, -0.05) is 24.3 Å². The van der Waals surface area contributed by atoms with Gasteiger partial charge in [0.1, 0.15) is 12.4 Å². The van der Waals surface area contributed by atoms with E-state index >= 15 is 0 Å². The molecule has 3 rings (SSSR count). The third-order valence-electron chi connectivity index (χ3n) is 3.47. The second kappa shape index (κ2) is 5.41. The highest BCUT2D eigenvalue weighted by Crippen LogP contribution is 2.31. The van der Waals surface area contributed by atoms with E-state index in [4.69, 9.17) is 4.74 Å². The molecule has 0 unspecified atom stereocenters. The lowest BCUT2D eigenvalue weighted by atomic mass is 10.1. The molecule has 0 amide bonds. The summed E-state index contributed by atoms with van der Waals surface area (Å²) in [5.41, 5.74) is 2.74. The van der Waals surface area contributed by atoms with Gasteiger partial charge in [0.25, 0.3) is 0 Å². The Kier molecular flexibility index (Phi) is 3.59. The van der Waals surface area contributed by atoms with E-state index in [0.29, 0.717) is 0 Å². The average molecular weight is 293 g/mol. The second-order valence-electron chi connectivity index (χ2n) is 5.02. The quantitative estimate of drug-likeness (QED) is 0.927. The van der Waals surface area contributed by atoms with Crippen LogP contribution in [0.15, 0.2) is 42.5 Å². The van der Waals surface area contributed by atoms with Crippen molar-refractivity contribution in [3.05, 3.63) is 64.7 Å². The monoisotopic (exact) mass is 293 g/mol. The van der Waals surface area contributed by atoms with Crippen LogP contribution < -0.4 is 10.1 Å². The largest absolute Gasteiger partial charge is 0.489 e. The Balaban J connectivity index is 1.70. The van der Waals surface area contributed by atoms with E-state index in [1.54, 1.807) is 0 Å². The first kappa shape index (κ1) is 13.9. The molecule has 1 aliphatic heterocycles. The number of nitrogens with one attached hydrogen (secondary N) is 1. The van der Waals surface area contributed by atoms with Gasteiger partial charge in [0, 0.05) is 13.1 Å². The van der Waals surface area contributed by atoms with Crippen molar-refractivity contribution in [3.63, 3.8) is 0 Å². The zero-order valence-electron chi connectivity index (χ0n) is 11.2. The van der Waals surface area contributed by atoms with Gasteiger partial charge in [-0.3, -0.25) is 0 Å². The molecule has 0 saturated carbocycles. The summed E-state index contributed by atoms with van der Waals surface area (Å²) in [6.45, 7) is 1.95. The maximum Gasteiger partial charge on any atom is 0.416 e. The van der Waals surface area contributed by atoms with Crippen molar-refractivity contribution in [2.45, 2.75) is 25.9 Å². The molecule has 0 aliphatic carbocycles. The summed E-state index contributed by atoms with van der Waals surface area (Å²) in [4.78, 5) is 0. The van der Waals surface area contributed by atoms with Crippen LogP contribution in [0.3, 0.4) is 0 Å². The Morgan fingerprint density at radius 3 is 2.62 bits per heavy atom. The smallest absolute Gasteiger partial charge is 0.416 e. The van der Waals surface area contributed by atoms with Crippen LogP contribution in [-0.4, -0.2) is 0 Å². The average Bonchev–Trinajstić information content (AvgIpc) is 2.92. The molecule has 0 atom stereocenters. The van der Waals surface area contributed by atoms with Crippen molar-refractivity contribution in [1.29, 1.82) is 0 Å². The Morgan fingerprint density at radius 1 is 1.00 bits per heavy atom. The summed E-state index contributed by atoms with van der Waals surface area (Å²) in [5.74, 6) is 0.225. The van der Waals surface area contributed by atoms with Gasteiger partial charge in [-0.2, -0.15) is 13.2 Å². The minimum Gasteiger partial charge on any atom is -0.489 e. The third-order valence-corrected chi connectivity index (χ3v) is 3.47. The van der Waals surface area contributed by atoms with E-state index in [2.05, 4.69) is 5.32 Å². The van der Waals surface area contributed by atoms with Crippen LogP contribution in [0.25, 0.3) is 0 Å². The summed E-state index contributed by atoms with van der Waals surface area (Å²) in [6.07, 6.45) is -4.35. The summed E-state index contributed by atoms with van der Waals surface area (Å²) < 4.78 is 43.3. The van der Waals surface area contributed by atoms with Crippen LogP contribution in [0.5, 0.6) is 5.75 Å². The minimum atomic E-state index is -4.35. The zero-order valence-corrected chi connectivity index (χ0v) is 11.2. The molecule has 1 aliphatic rings. The first-order chi connectivity index (χ1) is 10.0. The molecule has 110 valence electrons. The topological polar surface area (TPSA) is 21.3 Å². The molecule has 0 fully saturated rings. The van der Waals surface area contributed by atoms with Crippen molar-refractivity contribution in [2.24, 2.45) is 0 Å². The van der Waals surface area contributed by atoms with Gasteiger partial charge in [0.15, 0.2) is 0 Å². The highest BCUT2D eigenvalue weighted by atomic mass is 19.4. The number of rotatable bonds is 3. The van der Waals surface area contributed by atoms with Crippen molar-refractivity contribution in [2.75, 3.05) is 0 Å². The normalized spacial score (nSPS) is 14.0. The molecule has 5 heteroatoms. The van der Waals surface area contributed by atoms with E-state index in [0.717, 1.165) is 30.8 Å². The van der Waals surface area contributed by atoms with Gasteiger partial charge in [-0.15, -0.1) is 0 Å². The fourth-order valence-electron chi connectivity index (χ4n) is 2.37. The SMILES string of the molecule is FC(F)(F)c1cccc(OCc2ccc3c(c2)CNC3)c1. The maximum absolute atomic E-state index is 12.6. The number of hydrogen-bond acceptors (Lipinski definition) is 2. The van der Waals surface area contributed by atoms with Gasteiger partial charge in [0.05, 0.1) is 5.56 Å². The molecule has 0 saturated heterocycles. The van der Waals surface area contributed by atoms with Crippen molar-refractivity contribution in [3.8, 4) is 5.75 Å². The van der Waals surface area contributed by atoms with Crippen LogP contribution in [0.2, 0.25) is 0 Å². The molecule has 0 bridgehead atoms. The fraction of sp³-hybridized carbons (Fsp3) is 0.250. The van der Waals surface area contributed by atoms with E-state index in [1.807, 2.05) is 18.2 Å². The predicted molar refractivity (Wildman–Crippen MR) is 72.8 cm³/mol. The van der Waals surface area contributed by atoms with E-state index in [9.17, 15) is 13.2 Å². The Hall–Kier alpha value is -2.01. The van der Waals surface area contributed by atoms with Crippen LogP contribution >= 0.6 is 0 Å². The Bertz CT molecular complexity index is 652. The molecule has 0 aromatic heterocycles. The van der Waals surface area contributed by atoms with Gasteiger partial charge in [-0.05, 0) is 34.9 Å². The number of hydrogen-bond donors (Lipinski definition) is 1. The van der Waals surface area contributed by atoms with Crippen molar-refractivity contribution < 1.29 is 17.9 Å². The molecule has 2 aromatic carbocycles. The molecule has 0 radical (unpaired) electrons. The summed E-state index contributed by atoms with van der Waals surface area (Å²) >= 11 is 0. The van der Waals surface area contributed by atoms with Crippen LogP contribution in [0, 0.1) is 0 Å². The van der Waals surface area contributed by atoms with Crippen molar-refractivity contribution >= 4 is 0 Å². The molecule has 21 heavy (non-hydrogen) atoms. The second-order valence-corrected chi connectivity index (χ2v) is 5.02. The predicted octanol–water partition coefficient (Wildman–Crippen LogP) is 3.89. The van der Waals surface area contributed by atoms with E-state index < -0.39 is 11.7 Å². The number of ether oxygens (including phenoxy) is 1. The highest BCUT2D eigenvalue weighted by Gasteiger charge is 2.30. The van der Waals surface area contributed by atoms with Gasteiger partial charge in [-0.25, -0.2) is 0 Å². The molecule has 0 spiro atoms. The first-order valence-electron chi connectivity index (χ1n) is 6.64. The minimum absolute atomic E-state index is 0.225. The maximum atomic E-state index is 12.6. The number of halogens is 3. The highest BCUT2D eigenvalue weighted by molar-refractivity contribution is 5.35. The summed E-state index contributed by atoms with van der Waals surface area (Å²) in [6, 6.07) is 10.9. The van der Waals surface area contributed by atoms with Crippen LogP contribution in [0.4, 0.5) is 13.2 Å². The van der Waals surface area contributed by atoms with Gasteiger partial charge in [0.2, 0.25) is 0 Å². The summed E-state index contributed by atoms with van der Waals surface area (Å²) in [5, 5.41) is 3.25. The van der Waals surface area contributed by atoms with E-state index in [1.165, 1.54) is 23.3 Å². The first-order valence-corrected chi connectivity index (χ1v) is 6.64. The Morgan fingerprint density at radius 2 is 1.81 bits per heavy atom. The number of alkyl halides is 3.